The smallest absolute Gasteiger partial charge is 0.123 e. The average molecular weight is 220 g/mol. The molecule has 2 fully saturated rings. The maximum absolute atomic E-state index is 13.0. The molecule has 0 aromatic heterocycles. The molecule has 2 saturated heterocycles. The molecule has 1 aromatic rings. The zero-order valence-corrected chi connectivity index (χ0v) is 9.54. The van der Waals surface area contributed by atoms with Gasteiger partial charge in [0.05, 0.1) is 0 Å². The van der Waals surface area contributed by atoms with E-state index in [1.54, 1.807) is 12.1 Å². The first-order chi connectivity index (χ1) is 7.74. The van der Waals surface area contributed by atoms with Gasteiger partial charge in [-0.05, 0) is 42.5 Å². The molecule has 2 nitrogen and oxygen atoms in total. The highest BCUT2D eigenvalue weighted by Gasteiger charge is 2.36. The molecule has 3 heteroatoms. The van der Waals surface area contributed by atoms with Crippen molar-refractivity contribution in [3.8, 4) is 0 Å². The topological polar surface area (TPSA) is 15.3 Å². The Labute approximate surface area is 95.4 Å². The molecule has 0 aliphatic carbocycles. The minimum Gasteiger partial charge on any atom is -0.371 e. The van der Waals surface area contributed by atoms with Crippen LogP contribution in [0.2, 0.25) is 0 Å². The number of aryl methyl sites for hydroxylation is 1. The van der Waals surface area contributed by atoms with E-state index in [-0.39, 0.29) is 5.82 Å². The predicted octanol–water partition coefficient (Wildman–Crippen LogP) is 1.79. The number of benzene rings is 1. The van der Waals surface area contributed by atoms with Crippen molar-refractivity contribution in [3.63, 3.8) is 0 Å². The summed E-state index contributed by atoms with van der Waals surface area (Å²) in [5.74, 6) is 1.43. The lowest BCUT2D eigenvalue weighted by molar-refractivity contribution is 0.533. The van der Waals surface area contributed by atoms with Gasteiger partial charge in [0.25, 0.3) is 0 Å². The molecule has 0 amide bonds. The van der Waals surface area contributed by atoms with Crippen molar-refractivity contribution in [3.05, 3.63) is 29.6 Å². The lowest BCUT2D eigenvalue weighted by Crippen LogP contribution is -2.25. The predicted molar refractivity (Wildman–Crippen MR) is 63.2 cm³/mol. The molecule has 0 unspecified atom stereocenters. The SMILES string of the molecule is Cc1cc(F)ccc1N1C[C@@H]2CNC[C@H]2C1. The fourth-order valence-electron chi connectivity index (χ4n) is 3.03. The van der Waals surface area contributed by atoms with Crippen LogP contribution in [-0.4, -0.2) is 26.2 Å². The summed E-state index contributed by atoms with van der Waals surface area (Å²) in [6.07, 6.45) is 0. The molecule has 1 aromatic carbocycles. The Morgan fingerprint density at radius 2 is 1.94 bits per heavy atom. The number of hydrogen-bond acceptors (Lipinski definition) is 2. The second kappa shape index (κ2) is 3.74. The van der Waals surface area contributed by atoms with Crippen LogP contribution >= 0.6 is 0 Å². The Morgan fingerprint density at radius 3 is 2.56 bits per heavy atom. The van der Waals surface area contributed by atoms with Crippen LogP contribution in [0, 0.1) is 24.6 Å². The van der Waals surface area contributed by atoms with Gasteiger partial charge in [-0.1, -0.05) is 0 Å². The molecule has 1 N–H and O–H groups in total. The Balaban J connectivity index is 1.83. The maximum atomic E-state index is 13.0. The third-order valence-corrected chi connectivity index (χ3v) is 3.89. The molecule has 86 valence electrons. The maximum Gasteiger partial charge on any atom is 0.123 e. The van der Waals surface area contributed by atoms with Gasteiger partial charge in [-0.15, -0.1) is 0 Å². The molecule has 0 bridgehead atoms. The lowest BCUT2D eigenvalue weighted by atomic mass is 10.0. The normalized spacial score (nSPS) is 28.5. The van der Waals surface area contributed by atoms with Crippen molar-refractivity contribution in [2.45, 2.75) is 6.92 Å². The standard InChI is InChI=1S/C13H17FN2/c1-9-4-12(14)2-3-13(9)16-7-10-5-15-6-11(10)8-16/h2-4,10-11,15H,5-8H2,1H3/t10-,11-/m0/s1. The first-order valence-electron chi connectivity index (χ1n) is 5.96. The van der Waals surface area contributed by atoms with Gasteiger partial charge in [0.15, 0.2) is 0 Å². The molecule has 2 atom stereocenters. The van der Waals surface area contributed by atoms with Gasteiger partial charge in [-0.2, -0.15) is 0 Å². The largest absolute Gasteiger partial charge is 0.371 e. The molecule has 2 aliphatic rings. The van der Waals surface area contributed by atoms with Gasteiger partial charge >= 0.3 is 0 Å². The fraction of sp³-hybridized carbons (Fsp3) is 0.538. The van der Waals surface area contributed by atoms with Crippen molar-refractivity contribution >= 4 is 5.69 Å². The van der Waals surface area contributed by atoms with E-state index in [4.69, 9.17) is 0 Å². The first-order valence-corrected chi connectivity index (χ1v) is 5.96. The summed E-state index contributed by atoms with van der Waals surface area (Å²) < 4.78 is 13.0. The molecule has 16 heavy (non-hydrogen) atoms. The van der Waals surface area contributed by atoms with E-state index in [0.717, 1.165) is 43.6 Å². The average Bonchev–Trinajstić information content (AvgIpc) is 2.76. The zero-order chi connectivity index (χ0) is 11.1. The van der Waals surface area contributed by atoms with E-state index >= 15 is 0 Å². The summed E-state index contributed by atoms with van der Waals surface area (Å²) in [6.45, 7) is 6.50. The summed E-state index contributed by atoms with van der Waals surface area (Å²) in [7, 11) is 0. The third kappa shape index (κ3) is 1.59. The van der Waals surface area contributed by atoms with Gasteiger partial charge in [0.1, 0.15) is 5.82 Å². The van der Waals surface area contributed by atoms with Gasteiger partial charge in [-0.3, -0.25) is 0 Å². The summed E-state index contributed by atoms with van der Waals surface area (Å²) >= 11 is 0. The molecule has 2 aliphatic heterocycles. The van der Waals surface area contributed by atoms with Crippen molar-refractivity contribution in [2.75, 3.05) is 31.1 Å². The van der Waals surface area contributed by atoms with Crippen LogP contribution in [0.3, 0.4) is 0 Å². The van der Waals surface area contributed by atoms with Crippen LogP contribution in [-0.2, 0) is 0 Å². The quantitative estimate of drug-likeness (QED) is 0.776. The van der Waals surface area contributed by atoms with Crippen molar-refractivity contribution in [1.82, 2.24) is 5.32 Å². The van der Waals surface area contributed by atoms with Gasteiger partial charge < -0.3 is 10.2 Å². The number of hydrogen-bond donors (Lipinski definition) is 1. The molecular weight excluding hydrogens is 203 g/mol. The molecule has 0 radical (unpaired) electrons. The second-order valence-electron chi connectivity index (χ2n) is 5.01. The van der Waals surface area contributed by atoms with Crippen LogP contribution < -0.4 is 10.2 Å². The highest BCUT2D eigenvalue weighted by molar-refractivity contribution is 5.54. The van der Waals surface area contributed by atoms with Crippen molar-refractivity contribution in [1.29, 1.82) is 0 Å². The minimum atomic E-state index is -0.137. The van der Waals surface area contributed by atoms with Crippen LogP contribution in [0.25, 0.3) is 0 Å². The minimum absolute atomic E-state index is 0.137. The highest BCUT2D eigenvalue weighted by Crippen LogP contribution is 2.32. The van der Waals surface area contributed by atoms with Gasteiger partial charge in [0.2, 0.25) is 0 Å². The number of nitrogens with zero attached hydrogens (tertiary/aromatic N) is 1. The van der Waals surface area contributed by atoms with Gasteiger partial charge in [-0.25, -0.2) is 4.39 Å². The summed E-state index contributed by atoms with van der Waals surface area (Å²) in [4.78, 5) is 2.41. The molecule has 0 spiro atoms. The van der Waals surface area contributed by atoms with E-state index in [1.807, 2.05) is 13.0 Å². The Kier molecular flexibility index (Phi) is 2.36. The van der Waals surface area contributed by atoms with E-state index < -0.39 is 0 Å². The van der Waals surface area contributed by atoms with E-state index in [2.05, 4.69) is 10.2 Å². The van der Waals surface area contributed by atoms with Crippen LogP contribution in [0.4, 0.5) is 10.1 Å². The van der Waals surface area contributed by atoms with Crippen molar-refractivity contribution in [2.24, 2.45) is 11.8 Å². The van der Waals surface area contributed by atoms with E-state index in [0.29, 0.717) is 0 Å². The van der Waals surface area contributed by atoms with Gasteiger partial charge in [0, 0.05) is 31.9 Å². The molecular formula is C13H17FN2. The highest BCUT2D eigenvalue weighted by atomic mass is 19.1. The molecule has 2 heterocycles. The van der Waals surface area contributed by atoms with Crippen LogP contribution in [0.15, 0.2) is 18.2 Å². The Morgan fingerprint density at radius 1 is 1.25 bits per heavy atom. The number of fused-ring (bicyclic) bond motifs is 1. The third-order valence-electron chi connectivity index (χ3n) is 3.89. The monoisotopic (exact) mass is 220 g/mol. The Hall–Kier alpha value is -1.09. The number of halogens is 1. The van der Waals surface area contributed by atoms with Crippen LogP contribution in [0.1, 0.15) is 5.56 Å². The number of nitrogens with one attached hydrogen (secondary N) is 1. The van der Waals surface area contributed by atoms with E-state index in [1.165, 1.54) is 5.69 Å². The summed E-state index contributed by atoms with van der Waals surface area (Å²) in [5, 5.41) is 3.43. The summed E-state index contributed by atoms with van der Waals surface area (Å²) in [5.41, 5.74) is 2.25. The molecule has 3 rings (SSSR count). The second-order valence-corrected chi connectivity index (χ2v) is 5.01. The summed E-state index contributed by atoms with van der Waals surface area (Å²) in [6, 6.07) is 5.11. The van der Waals surface area contributed by atoms with E-state index in [9.17, 15) is 4.39 Å². The van der Waals surface area contributed by atoms with Crippen LogP contribution in [0.5, 0.6) is 0 Å². The fourth-order valence-corrected chi connectivity index (χ4v) is 3.03. The molecule has 0 saturated carbocycles. The zero-order valence-electron chi connectivity index (χ0n) is 9.54. The first kappa shape index (κ1) is 10.1. The number of rotatable bonds is 1. The Bertz CT molecular complexity index is 393. The van der Waals surface area contributed by atoms with Crippen molar-refractivity contribution < 1.29 is 4.39 Å². The lowest BCUT2D eigenvalue weighted by Gasteiger charge is -2.21. The number of anilines is 1.